The number of likely N-dealkylation sites (tertiary alicyclic amines) is 1. The smallest absolute Gasteiger partial charge is 0.272 e. The molecule has 3 nitrogen and oxygen atoms in total. The van der Waals surface area contributed by atoms with Crippen molar-refractivity contribution in [2.24, 2.45) is 11.8 Å². The van der Waals surface area contributed by atoms with Gasteiger partial charge >= 0.3 is 0 Å². The number of thioether (sulfide) groups is 1. The Morgan fingerprint density at radius 1 is 1.18 bits per heavy atom. The van der Waals surface area contributed by atoms with Gasteiger partial charge in [-0.05, 0) is 42.5 Å². The molecule has 150 valence electrons. The molecule has 2 unspecified atom stereocenters. The Bertz CT molecular complexity index is 827. The Hall–Kier alpha value is -1.95. The Morgan fingerprint density at radius 2 is 1.86 bits per heavy atom. The van der Waals surface area contributed by atoms with Gasteiger partial charge in [0.1, 0.15) is 5.69 Å². The lowest BCUT2D eigenvalue weighted by Crippen LogP contribution is -2.42. The van der Waals surface area contributed by atoms with E-state index in [0.717, 1.165) is 37.0 Å². The van der Waals surface area contributed by atoms with Crippen LogP contribution in [0.2, 0.25) is 0 Å². The van der Waals surface area contributed by atoms with E-state index in [1.54, 1.807) is 12.1 Å². The first-order valence-corrected chi connectivity index (χ1v) is 10.6. The fraction of sp³-hybridized carbons (Fsp3) is 0.455. The number of carbonyl (C=O) groups excluding carboxylic acids is 1. The number of aromatic nitrogens is 1. The van der Waals surface area contributed by atoms with Crippen LogP contribution in [0.15, 0.2) is 47.4 Å². The number of hydrogen-bond donors (Lipinski definition) is 0. The summed E-state index contributed by atoms with van der Waals surface area (Å²) in [6.45, 7) is 6.77. The van der Waals surface area contributed by atoms with E-state index in [4.69, 9.17) is 0 Å². The van der Waals surface area contributed by atoms with Crippen molar-refractivity contribution in [3.63, 3.8) is 0 Å². The van der Waals surface area contributed by atoms with E-state index in [2.05, 4.69) is 18.8 Å². The summed E-state index contributed by atoms with van der Waals surface area (Å²) in [6.07, 6.45) is 1.14. The van der Waals surface area contributed by atoms with Crippen molar-refractivity contribution in [2.45, 2.75) is 43.8 Å². The zero-order chi connectivity index (χ0) is 20.3. The third kappa shape index (κ3) is 5.31. The van der Waals surface area contributed by atoms with E-state index in [0.29, 0.717) is 23.3 Å². The first-order valence-electron chi connectivity index (χ1n) is 9.58. The molecule has 0 bridgehead atoms. The number of halogens is 2. The second-order valence-corrected chi connectivity index (χ2v) is 8.92. The molecular weight excluding hydrogens is 378 g/mol. The largest absolute Gasteiger partial charge is 0.337 e. The number of nitrogens with zero attached hydrogens (tertiary/aromatic N) is 2. The van der Waals surface area contributed by atoms with Crippen molar-refractivity contribution in [2.75, 3.05) is 13.1 Å². The number of rotatable bonds is 5. The number of carbonyl (C=O) groups is 1. The van der Waals surface area contributed by atoms with E-state index < -0.39 is 5.92 Å². The summed E-state index contributed by atoms with van der Waals surface area (Å²) in [5, 5.41) is 0. The molecule has 1 saturated heterocycles. The van der Waals surface area contributed by atoms with Crippen LogP contribution in [0.3, 0.4) is 0 Å². The molecule has 2 atom stereocenters. The molecule has 1 aliphatic rings. The molecule has 1 fully saturated rings. The van der Waals surface area contributed by atoms with Gasteiger partial charge in [-0.2, -0.15) is 0 Å². The second-order valence-electron chi connectivity index (χ2n) is 7.88. The molecule has 0 aliphatic carbocycles. The van der Waals surface area contributed by atoms with Gasteiger partial charge in [-0.3, -0.25) is 4.79 Å². The minimum atomic E-state index is -2.86. The lowest BCUT2D eigenvalue weighted by Gasteiger charge is -2.34. The molecule has 1 aromatic carbocycles. The number of benzene rings is 1. The maximum Gasteiger partial charge on any atom is 0.272 e. The average Bonchev–Trinajstić information content (AvgIpc) is 2.65. The summed E-state index contributed by atoms with van der Waals surface area (Å²) >= 11 is 1.44. The highest BCUT2D eigenvalue weighted by Gasteiger charge is 2.27. The highest BCUT2D eigenvalue weighted by atomic mass is 32.2. The Kier molecular flexibility index (Phi) is 6.38. The lowest BCUT2D eigenvalue weighted by molar-refractivity contribution is 0.0172. The summed E-state index contributed by atoms with van der Waals surface area (Å²) in [5.41, 5.74) is 1.22. The monoisotopic (exact) mass is 404 g/mol. The number of pyridine rings is 1. The number of amides is 1. The SMILES string of the molecule is CC1CC(C)CN(C(=O)c2cccc(CSc3cccc(C(C)(F)F)c3)n2)C1. The van der Waals surface area contributed by atoms with Crippen LogP contribution in [0.5, 0.6) is 0 Å². The minimum Gasteiger partial charge on any atom is -0.337 e. The summed E-state index contributed by atoms with van der Waals surface area (Å²) in [4.78, 5) is 20.0. The van der Waals surface area contributed by atoms with Gasteiger partial charge in [-0.15, -0.1) is 11.8 Å². The van der Waals surface area contributed by atoms with Crippen molar-refractivity contribution >= 4 is 17.7 Å². The van der Waals surface area contributed by atoms with E-state index in [9.17, 15) is 13.6 Å². The van der Waals surface area contributed by atoms with Crippen molar-refractivity contribution < 1.29 is 13.6 Å². The number of hydrogen-bond acceptors (Lipinski definition) is 3. The van der Waals surface area contributed by atoms with Gasteiger partial charge < -0.3 is 4.90 Å². The van der Waals surface area contributed by atoms with Gasteiger partial charge in [0, 0.05) is 36.2 Å². The Labute approximate surface area is 169 Å². The van der Waals surface area contributed by atoms with Crippen molar-refractivity contribution in [1.82, 2.24) is 9.88 Å². The third-order valence-electron chi connectivity index (χ3n) is 4.91. The van der Waals surface area contributed by atoms with Crippen LogP contribution in [0, 0.1) is 11.8 Å². The Morgan fingerprint density at radius 3 is 2.54 bits per heavy atom. The number of piperidine rings is 1. The van der Waals surface area contributed by atoms with Crippen LogP contribution in [0.25, 0.3) is 0 Å². The molecule has 0 spiro atoms. The fourth-order valence-electron chi connectivity index (χ4n) is 3.69. The van der Waals surface area contributed by atoms with Gasteiger partial charge in [0.05, 0.1) is 5.69 Å². The molecule has 1 amide bonds. The van der Waals surface area contributed by atoms with Crippen molar-refractivity contribution in [3.05, 3.63) is 59.4 Å². The van der Waals surface area contributed by atoms with Crippen LogP contribution in [0.4, 0.5) is 8.78 Å². The standard InChI is InChI=1S/C22H26F2N2OS/c1-15-10-16(2)13-26(12-15)21(27)20-9-5-7-18(25-20)14-28-19-8-4-6-17(11-19)22(3,23)24/h4-9,11,15-16H,10,12-14H2,1-3H3. The molecular formula is C22H26F2N2OS. The minimum absolute atomic E-state index is 0.00252. The van der Waals surface area contributed by atoms with Gasteiger partial charge in [-0.1, -0.05) is 32.0 Å². The van der Waals surface area contributed by atoms with Crippen molar-refractivity contribution in [1.29, 1.82) is 0 Å². The molecule has 2 aromatic rings. The zero-order valence-corrected chi connectivity index (χ0v) is 17.3. The van der Waals surface area contributed by atoms with Crippen LogP contribution < -0.4 is 0 Å². The first-order chi connectivity index (χ1) is 13.2. The molecule has 3 rings (SSSR count). The van der Waals surface area contributed by atoms with Crippen molar-refractivity contribution in [3.8, 4) is 0 Å². The van der Waals surface area contributed by atoms with Crippen LogP contribution in [0.1, 0.15) is 48.9 Å². The third-order valence-corrected chi connectivity index (χ3v) is 5.94. The number of alkyl halides is 2. The summed E-state index contributed by atoms with van der Waals surface area (Å²) in [5.74, 6) is -1.38. The van der Waals surface area contributed by atoms with Crippen LogP contribution in [-0.4, -0.2) is 28.9 Å². The van der Waals surface area contributed by atoms with Gasteiger partial charge in [0.15, 0.2) is 0 Å². The normalized spacial score (nSPS) is 20.2. The maximum absolute atomic E-state index is 13.5. The topological polar surface area (TPSA) is 33.2 Å². The summed E-state index contributed by atoms with van der Waals surface area (Å²) < 4.78 is 27.0. The average molecular weight is 405 g/mol. The maximum atomic E-state index is 13.5. The highest BCUT2D eigenvalue weighted by Crippen LogP contribution is 2.31. The summed E-state index contributed by atoms with van der Waals surface area (Å²) in [6, 6.07) is 11.8. The lowest BCUT2D eigenvalue weighted by atomic mass is 9.92. The molecule has 0 N–H and O–H groups in total. The molecule has 28 heavy (non-hydrogen) atoms. The molecule has 2 heterocycles. The predicted octanol–water partition coefficient (Wildman–Crippen LogP) is 5.60. The van der Waals surface area contributed by atoms with Gasteiger partial charge in [0.25, 0.3) is 11.8 Å². The van der Waals surface area contributed by atoms with E-state index in [1.165, 1.54) is 23.9 Å². The molecule has 1 aliphatic heterocycles. The highest BCUT2D eigenvalue weighted by molar-refractivity contribution is 7.98. The molecule has 6 heteroatoms. The quantitative estimate of drug-likeness (QED) is 0.608. The fourth-order valence-corrected chi connectivity index (χ4v) is 4.55. The zero-order valence-electron chi connectivity index (χ0n) is 16.5. The second kappa shape index (κ2) is 8.60. The van der Waals surface area contributed by atoms with Crippen LogP contribution >= 0.6 is 11.8 Å². The van der Waals surface area contributed by atoms with E-state index in [-0.39, 0.29) is 11.5 Å². The Balaban J connectivity index is 1.68. The molecule has 0 saturated carbocycles. The van der Waals surface area contributed by atoms with Gasteiger partial charge in [-0.25, -0.2) is 13.8 Å². The van der Waals surface area contributed by atoms with E-state index >= 15 is 0 Å². The molecule has 1 aromatic heterocycles. The first kappa shape index (κ1) is 20.8. The predicted molar refractivity (Wildman–Crippen MR) is 109 cm³/mol. The van der Waals surface area contributed by atoms with Gasteiger partial charge in [0.2, 0.25) is 0 Å². The van der Waals surface area contributed by atoms with E-state index in [1.807, 2.05) is 23.1 Å². The summed E-state index contributed by atoms with van der Waals surface area (Å²) in [7, 11) is 0. The molecule has 0 radical (unpaired) electrons. The van der Waals surface area contributed by atoms with Crippen LogP contribution in [-0.2, 0) is 11.7 Å².